The lowest BCUT2D eigenvalue weighted by Crippen LogP contribution is -2.31. The van der Waals surface area contributed by atoms with E-state index in [0.717, 1.165) is 36.8 Å². The number of carbonyl (C=O) groups excluding carboxylic acids is 1. The first-order valence-corrected chi connectivity index (χ1v) is 9.86. The molecule has 0 saturated carbocycles. The molecule has 0 unspecified atom stereocenters. The number of aromatic nitrogens is 4. The van der Waals surface area contributed by atoms with Gasteiger partial charge in [0.1, 0.15) is 5.56 Å². The molecule has 3 aromatic rings. The van der Waals surface area contributed by atoms with E-state index in [9.17, 15) is 9.59 Å². The first kappa shape index (κ1) is 17.6. The van der Waals surface area contributed by atoms with Crippen molar-refractivity contribution in [2.75, 3.05) is 18.0 Å². The largest absolute Gasteiger partial charge is 0.347 e. The van der Waals surface area contributed by atoms with Crippen LogP contribution in [0.4, 0.5) is 5.13 Å². The molecule has 8 nitrogen and oxygen atoms in total. The molecule has 1 fully saturated rings. The second kappa shape index (κ2) is 7.83. The van der Waals surface area contributed by atoms with Gasteiger partial charge in [0.25, 0.3) is 11.5 Å². The number of hydrogen-bond donors (Lipinski definition) is 1. The maximum Gasteiger partial charge on any atom is 0.288 e. The van der Waals surface area contributed by atoms with E-state index < -0.39 is 11.5 Å². The Kier molecular flexibility index (Phi) is 5.10. The molecule has 1 aliphatic rings. The Morgan fingerprint density at radius 2 is 1.96 bits per heavy atom. The van der Waals surface area contributed by atoms with Gasteiger partial charge in [-0.1, -0.05) is 30.2 Å². The summed E-state index contributed by atoms with van der Waals surface area (Å²) in [4.78, 5) is 36.3. The predicted molar refractivity (Wildman–Crippen MR) is 103 cm³/mol. The molecular weight excluding hydrogens is 364 g/mol. The maximum atomic E-state index is 12.7. The molecule has 0 bridgehead atoms. The van der Waals surface area contributed by atoms with Gasteiger partial charge in [0, 0.05) is 25.5 Å². The molecule has 1 saturated heterocycles. The third-order valence-electron chi connectivity index (χ3n) is 4.55. The summed E-state index contributed by atoms with van der Waals surface area (Å²) < 4.78 is 1.24. The zero-order valence-electron chi connectivity index (χ0n) is 14.8. The van der Waals surface area contributed by atoms with Crippen molar-refractivity contribution in [2.24, 2.45) is 0 Å². The van der Waals surface area contributed by atoms with Crippen molar-refractivity contribution >= 4 is 27.3 Å². The maximum absolute atomic E-state index is 12.7. The van der Waals surface area contributed by atoms with Gasteiger partial charge in [-0.3, -0.25) is 14.6 Å². The minimum absolute atomic E-state index is 0.0175. The summed E-state index contributed by atoms with van der Waals surface area (Å²) in [7, 11) is 0. The van der Waals surface area contributed by atoms with Crippen molar-refractivity contribution in [3.8, 4) is 0 Å². The summed E-state index contributed by atoms with van der Waals surface area (Å²) in [6.07, 6.45) is 7.68. The van der Waals surface area contributed by atoms with Crippen LogP contribution in [0.1, 0.15) is 41.7 Å². The Labute approximate surface area is 159 Å². The molecule has 140 valence electrons. The van der Waals surface area contributed by atoms with Crippen LogP contribution >= 0.6 is 11.3 Å². The average Bonchev–Trinajstić information content (AvgIpc) is 2.95. The second-order valence-corrected chi connectivity index (χ2v) is 7.40. The van der Waals surface area contributed by atoms with Crippen molar-refractivity contribution in [2.45, 2.75) is 32.2 Å². The normalized spacial score (nSPS) is 14.9. The number of hydrogen-bond acceptors (Lipinski definition) is 7. The van der Waals surface area contributed by atoms with Crippen LogP contribution in [0, 0.1) is 0 Å². The van der Waals surface area contributed by atoms with Crippen LogP contribution in [-0.4, -0.2) is 38.6 Å². The van der Waals surface area contributed by atoms with Crippen LogP contribution < -0.4 is 15.8 Å². The van der Waals surface area contributed by atoms with Crippen LogP contribution in [0.5, 0.6) is 0 Å². The van der Waals surface area contributed by atoms with E-state index in [1.165, 1.54) is 34.9 Å². The fourth-order valence-electron chi connectivity index (χ4n) is 3.09. The van der Waals surface area contributed by atoms with E-state index in [0.29, 0.717) is 4.96 Å². The minimum Gasteiger partial charge on any atom is -0.347 e. The number of carbonyl (C=O) groups is 1. The lowest BCUT2D eigenvalue weighted by Gasteiger charge is -2.17. The zero-order chi connectivity index (χ0) is 18.6. The number of pyridine rings is 1. The number of nitrogens with one attached hydrogen (secondary N) is 1. The molecule has 9 heteroatoms. The second-order valence-electron chi connectivity index (χ2n) is 6.46. The molecule has 4 rings (SSSR count). The molecule has 27 heavy (non-hydrogen) atoms. The van der Waals surface area contributed by atoms with Crippen molar-refractivity contribution in [3.05, 3.63) is 52.2 Å². The fraction of sp³-hybridized carbons (Fsp3) is 0.389. The van der Waals surface area contributed by atoms with E-state index in [1.807, 2.05) is 12.1 Å². The Balaban J connectivity index is 1.56. The third-order valence-corrected chi connectivity index (χ3v) is 5.54. The molecule has 1 N–H and O–H groups in total. The van der Waals surface area contributed by atoms with Crippen molar-refractivity contribution in [1.82, 2.24) is 24.9 Å². The van der Waals surface area contributed by atoms with E-state index in [2.05, 4.69) is 25.3 Å². The fourth-order valence-corrected chi connectivity index (χ4v) is 4.00. The van der Waals surface area contributed by atoms with Crippen LogP contribution in [0.25, 0.3) is 4.96 Å². The molecule has 4 heterocycles. The summed E-state index contributed by atoms with van der Waals surface area (Å²) in [6, 6.07) is 5.46. The third kappa shape index (κ3) is 3.82. The lowest BCUT2D eigenvalue weighted by atomic mass is 10.2. The van der Waals surface area contributed by atoms with E-state index in [1.54, 1.807) is 12.3 Å². The number of fused-ring (bicyclic) bond motifs is 1. The average molecular weight is 384 g/mol. The van der Waals surface area contributed by atoms with Gasteiger partial charge in [-0.05, 0) is 25.0 Å². The molecule has 0 aromatic carbocycles. The first-order valence-electron chi connectivity index (χ1n) is 9.04. The smallest absolute Gasteiger partial charge is 0.288 e. The lowest BCUT2D eigenvalue weighted by molar-refractivity contribution is 0.0948. The van der Waals surface area contributed by atoms with Gasteiger partial charge in [-0.15, -0.1) is 5.10 Å². The molecule has 3 aromatic heterocycles. The molecule has 0 atom stereocenters. The van der Waals surface area contributed by atoms with E-state index in [4.69, 9.17) is 0 Å². The quantitative estimate of drug-likeness (QED) is 0.738. The Bertz CT molecular complexity index is 992. The molecule has 0 aliphatic carbocycles. The monoisotopic (exact) mass is 384 g/mol. The van der Waals surface area contributed by atoms with Crippen LogP contribution in [-0.2, 0) is 6.54 Å². The number of anilines is 1. The summed E-state index contributed by atoms with van der Waals surface area (Å²) in [6.45, 7) is 2.12. The summed E-state index contributed by atoms with van der Waals surface area (Å²) in [5, 5.41) is 7.93. The summed E-state index contributed by atoms with van der Waals surface area (Å²) in [5.74, 6) is -0.475. The van der Waals surface area contributed by atoms with Crippen molar-refractivity contribution in [3.63, 3.8) is 0 Å². The van der Waals surface area contributed by atoms with Crippen molar-refractivity contribution in [1.29, 1.82) is 0 Å². The Morgan fingerprint density at radius 1 is 1.15 bits per heavy atom. The van der Waals surface area contributed by atoms with Gasteiger partial charge >= 0.3 is 0 Å². The highest BCUT2D eigenvalue weighted by atomic mass is 32.1. The molecular formula is C18H20N6O2S. The molecule has 0 radical (unpaired) electrons. The van der Waals surface area contributed by atoms with E-state index >= 15 is 0 Å². The molecule has 1 amide bonds. The molecule has 1 aliphatic heterocycles. The van der Waals surface area contributed by atoms with Crippen molar-refractivity contribution < 1.29 is 4.79 Å². The number of nitrogens with zero attached hydrogens (tertiary/aromatic N) is 5. The highest BCUT2D eigenvalue weighted by Gasteiger charge is 2.19. The van der Waals surface area contributed by atoms with Gasteiger partial charge in [0.05, 0.1) is 12.2 Å². The van der Waals surface area contributed by atoms with Gasteiger partial charge in [0.2, 0.25) is 10.1 Å². The standard InChI is InChI=1S/C18H20N6O2S/c25-15(20-11-13-7-3-4-8-19-13)14-12-21-17-24(16(14)26)22-18(27-17)23-9-5-1-2-6-10-23/h3-4,7-8,12H,1-2,5-6,9-11H2,(H,20,25). The zero-order valence-corrected chi connectivity index (χ0v) is 15.6. The first-order chi connectivity index (χ1) is 13.2. The van der Waals surface area contributed by atoms with Gasteiger partial charge in [-0.25, -0.2) is 4.98 Å². The van der Waals surface area contributed by atoms with Crippen LogP contribution in [0.3, 0.4) is 0 Å². The number of amides is 1. The highest BCUT2D eigenvalue weighted by molar-refractivity contribution is 7.20. The number of rotatable bonds is 4. The van der Waals surface area contributed by atoms with Gasteiger partial charge in [0.15, 0.2) is 0 Å². The Hall–Kier alpha value is -2.81. The molecule has 0 spiro atoms. The van der Waals surface area contributed by atoms with Gasteiger partial charge in [-0.2, -0.15) is 4.52 Å². The SMILES string of the molecule is O=C(NCc1ccccn1)c1cnc2sc(N3CCCCCC3)nn2c1=O. The summed E-state index contributed by atoms with van der Waals surface area (Å²) in [5.41, 5.74) is 0.254. The topological polar surface area (TPSA) is 92.5 Å². The predicted octanol–water partition coefficient (Wildman–Crippen LogP) is 1.86. The van der Waals surface area contributed by atoms with Gasteiger partial charge < -0.3 is 10.2 Å². The Morgan fingerprint density at radius 3 is 2.70 bits per heavy atom. The summed E-state index contributed by atoms with van der Waals surface area (Å²) >= 11 is 1.38. The van der Waals surface area contributed by atoms with Crippen LogP contribution in [0.2, 0.25) is 0 Å². The highest BCUT2D eigenvalue weighted by Crippen LogP contribution is 2.24. The van der Waals surface area contributed by atoms with Crippen LogP contribution in [0.15, 0.2) is 35.4 Å². The van der Waals surface area contributed by atoms with E-state index in [-0.39, 0.29) is 12.1 Å². The minimum atomic E-state index is -0.475.